The van der Waals surface area contributed by atoms with Gasteiger partial charge >= 0.3 is 0 Å². The predicted molar refractivity (Wildman–Crippen MR) is 73.2 cm³/mol. The molecule has 0 spiro atoms. The fourth-order valence-corrected chi connectivity index (χ4v) is 1.87. The Morgan fingerprint density at radius 3 is 2.59 bits per heavy atom. The van der Waals surface area contributed by atoms with Crippen molar-refractivity contribution in [3.63, 3.8) is 0 Å². The summed E-state index contributed by atoms with van der Waals surface area (Å²) in [4.78, 5) is 2.16. The maximum Gasteiger partial charge on any atom is 0.0528 e. The van der Waals surface area contributed by atoms with Crippen molar-refractivity contribution in [3.05, 3.63) is 29.8 Å². The summed E-state index contributed by atoms with van der Waals surface area (Å²) in [6.07, 6.45) is 1.44. The molecule has 0 amide bonds. The van der Waals surface area contributed by atoms with Gasteiger partial charge in [0.05, 0.1) is 6.10 Å². The number of para-hydroxylation sites is 1. The summed E-state index contributed by atoms with van der Waals surface area (Å²) in [5.74, 6) is 0. The monoisotopic (exact) mass is 236 g/mol. The van der Waals surface area contributed by atoms with Crippen molar-refractivity contribution in [2.75, 3.05) is 18.5 Å². The van der Waals surface area contributed by atoms with E-state index >= 15 is 0 Å². The van der Waals surface area contributed by atoms with Gasteiger partial charge in [0.15, 0.2) is 0 Å². The number of aliphatic hydroxyl groups excluding tert-OH is 1. The third kappa shape index (κ3) is 4.02. The maximum absolute atomic E-state index is 9.32. The zero-order valence-corrected chi connectivity index (χ0v) is 11.1. The molecule has 1 unspecified atom stereocenters. The summed E-state index contributed by atoms with van der Waals surface area (Å²) in [7, 11) is 2.05. The molecule has 0 saturated carbocycles. The first-order valence-corrected chi connectivity index (χ1v) is 6.30. The lowest BCUT2D eigenvalue weighted by atomic mass is 10.0. The molecule has 1 rings (SSSR count). The number of hydrogen-bond donors (Lipinski definition) is 2. The standard InChI is InChI=1S/C14H24N2O/c1-4-13(15)12-7-5-6-8-14(12)16(3)10-9-11(2)17/h5-8,11,13,17H,4,9-10,15H2,1-3H3/t11?,13-/m0/s1. The van der Waals surface area contributed by atoms with E-state index in [0.717, 1.165) is 19.4 Å². The molecule has 0 aromatic heterocycles. The Bertz CT molecular complexity index is 339. The predicted octanol–water partition coefficient (Wildman–Crippen LogP) is 2.30. The zero-order valence-electron chi connectivity index (χ0n) is 11.1. The number of rotatable bonds is 6. The second kappa shape index (κ2) is 6.62. The molecule has 3 nitrogen and oxygen atoms in total. The van der Waals surface area contributed by atoms with Crippen LogP contribution in [0.2, 0.25) is 0 Å². The average Bonchev–Trinajstić information content (AvgIpc) is 2.34. The number of hydrogen-bond acceptors (Lipinski definition) is 3. The maximum atomic E-state index is 9.32. The molecule has 0 aliphatic heterocycles. The van der Waals surface area contributed by atoms with Crippen LogP contribution in [0, 0.1) is 0 Å². The summed E-state index contributed by atoms with van der Waals surface area (Å²) in [6.45, 7) is 4.75. The van der Waals surface area contributed by atoms with Gasteiger partial charge in [-0.2, -0.15) is 0 Å². The second-order valence-corrected chi connectivity index (χ2v) is 4.63. The quantitative estimate of drug-likeness (QED) is 0.797. The first kappa shape index (κ1) is 14.0. The second-order valence-electron chi connectivity index (χ2n) is 4.63. The van der Waals surface area contributed by atoms with Crippen molar-refractivity contribution in [2.24, 2.45) is 5.73 Å². The Labute approximate surface area is 104 Å². The van der Waals surface area contributed by atoms with E-state index < -0.39 is 0 Å². The van der Waals surface area contributed by atoms with E-state index in [1.807, 2.05) is 26.1 Å². The van der Waals surface area contributed by atoms with Crippen molar-refractivity contribution >= 4 is 5.69 Å². The SMILES string of the molecule is CC[C@H](N)c1ccccc1N(C)CCC(C)O. The Hall–Kier alpha value is -1.06. The minimum atomic E-state index is -0.260. The molecule has 1 aromatic rings. The van der Waals surface area contributed by atoms with Gasteiger partial charge in [0.1, 0.15) is 0 Å². The van der Waals surface area contributed by atoms with Gasteiger partial charge in [0.25, 0.3) is 0 Å². The highest BCUT2D eigenvalue weighted by Gasteiger charge is 2.12. The molecule has 0 saturated heterocycles. The lowest BCUT2D eigenvalue weighted by Gasteiger charge is -2.25. The molecular formula is C14H24N2O. The molecule has 3 N–H and O–H groups in total. The first-order valence-electron chi connectivity index (χ1n) is 6.30. The summed E-state index contributed by atoms with van der Waals surface area (Å²) >= 11 is 0. The Kier molecular flexibility index (Phi) is 5.45. The van der Waals surface area contributed by atoms with E-state index in [0.29, 0.717) is 0 Å². The van der Waals surface area contributed by atoms with Crippen LogP contribution < -0.4 is 10.6 Å². The van der Waals surface area contributed by atoms with Crippen LogP contribution in [0.5, 0.6) is 0 Å². The fourth-order valence-electron chi connectivity index (χ4n) is 1.87. The van der Waals surface area contributed by atoms with Crippen molar-refractivity contribution in [3.8, 4) is 0 Å². The van der Waals surface area contributed by atoms with Crippen molar-refractivity contribution in [2.45, 2.75) is 38.8 Å². The van der Waals surface area contributed by atoms with Crippen molar-refractivity contribution < 1.29 is 5.11 Å². The van der Waals surface area contributed by atoms with Crippen LogP contribution in [0.3, 0.4) is 0 Å². The van der Waals surface area contributed by atoms with Gasteiger partial charge < -0.3 is 15.7 Å². The van der Waals surface area contributed by atoms with Gasteiger partial charge in [-0.05, 0) is 31.4 Å². The molecule has 1 aromatic carbocycles. The first-order chi connectivity index (χ1) is 8.06. The minimum Gasteiger partial charge on any atom is -0.393 e. The zero-order chi connectivity index (χ0) is 12.8. The van der Waals surface area contributed by atoms with E-state index in [4.69, 9.17) is 5.73 Å². The fraction of sp³-hybridized carbons (Fsp3) is 0.571. The van der Waals surface area contributed by atoms with Crippen LogP contribution in [-0.4, -0.2) is 24.8 Å². The number of nitrogens with two attached hydrogens (primary N) is 1. The van der Waals surface area contributed by atoms with E-state index in [9.17, 15) is 5.11 Å². The number of anilines is 1. The van der Waals surface area contributed by atoms with Gasteiger partial charge in [-0.25, -0.2) is 0 Å². The molecule has 0 aliphatic carbocycles. The van der Waals surface area contributed by atoms with Crippen LogP contribution in [-0.2, 0) is 0 Å². The van der Waals surface area contributed by atoms with Crippen molar-refractivity contribution in [1.29, 1.82) is 0 Å². The topological polar surface area (TPSA) is 49.5 Å². The lowest BCUT2D eigenvalue weighted by Crippen LogP contribution is -2.24. The molecule has 3 heteroatoms. The van der Waals surface area contributed by atoms with E-state index in [2.05, 4.69) is 24.0 Å². The van der Waals surface area contributed by atoms with E-state index in [1.165, 1.54) is 11.3 Å². The summed E-state index contributed by atoms with van der Waals surface area (Å²) in [5.41, 5.74) is 8.47. The highest BCUT2D eigenvalue weighted by molar-refractivity contribution is 5.54. The smallest absolute Gasteiger partial charge is 0.0528 e. The highest BCUT2D eigenvalue weighted by Crippen LogP contribution is 2.26. The van der Waals surface area contributed by atoms with Gasteiger partial charge in [0.2, 0.25) is 0 Å². The summed E-state index contributed by atoms with van der Waals surface area (Å²) < 4.78 is 0. The Balaban J connectivity index is 2.81. The van der Waals surface area contributed by atoms with Crippen LogP contribution >= 0.6 is 0 Å². The average molecular weight is 236 g/mol. The molecule has 0 fully saturated rings. The van der Waals surface area contributed by atoms with Crippen molar-refractivity contribution in [1.82, 2.24) is 0 Å². The third-order valence-electron chi connectivity index (χ3n) is 3.07. The molecular weight excluding hydrogens is 212 g/mol. The third-order valence-corrected chi connectivity index (χ3v) is 3.07. The van der Waals surface area contributed by atoms with E-state index in [-0.39, 0.29) is 12.1 Å². The van der Waals surface area contributed by atoms with Gasteiger partial charge in [-0.15, -0.1) is 0 Å². The van der Waals surface area contributed by atoms with Gasteiger partial charge in [-0.1, -0.05) is 25.1 Å². The molecule has 0 radical (unpaired) electrons. The normalized spacial score (nSPS) is 14.4. The molecule has 0 bridgehead atoms. The Morgan fingerprint density at radius 1 is 1.35 bits per heavy atom. The lowest BCUT2D eigenvalue weighted by molar-refractivity contribution is 0.187. The highest BCUT2D eigenvalue weighted by atomic mass is 16.3. The molecule has 0 heterocycles. The minimum absolute atomic E-state index is 0.0835. The number of benzene rings is 1. The van der Waals surface area contributed by atoms with E-state index in [1.54, 1.807) is 0 Å². The van der Waals surface area contributed by atoms with Crippen LogP contribution in [0.15, 0.2) is 24.3 Å². The number of aliphatic hydroxyl groups is 1. The molecule has 17 heavy (non-hydrogen) atoms. The summed E-state index contributed by atoms with van der Waals surface area (Å²) in [6, 6.07) is 8.31. The molecule has 0 aliphatic rings. The van der Waals surface area contributed by atoms with Gasteiger partial charge in [-0.3, -0.25) is 0 Å². The van der Waals surface area contributed by atoms with Crippen LogP contribution in [0.4, 0.5) is 5.69 Å². The summed E-state index contributed by atoms with van der Waals surface area (Å²) in [5, 5.41) is 9.32. The number of nitrogens with zero attached hydrogens (tertiary/aromatic N) is 1. The van der Waals surface area contributed by atoms with Gasteiger partial charge in [0, 0.05) is 25.3 Å². The largest absolute Gasteiger partial charge is 0.393 e. The van der Waals surface area contributed by atoms with Crippen LogP contribution in [0.1, 0.15) is 38.3 Å². The molecule has 2 atom stereocenters. The van der Waals surface area contributed by atoms with Crippen LogP contribution in [0.25, 0.3) is 0 Å². The Morgan fingerprint density at radius 2 is 2.00 bits per heavy atom. The molecule has 96 valence electrons.